The van der Waals surface area contributed by atoms with Crippen molar-refractivity contribution < 1.29 is 14.2 Å². The average molecular weight is 262 g/mol. The lowest BCUT2D eigenvalue weighted by molar-refractivity contribution is -0.477. The van der Waals surface area contributed by atoms with Gasteiger partial charge < -0.3 is 14.2 Å². The van der Waals surface area contributed by atoms with Crippen molar-refractivity contribution in [2.24, 2.45) is 5.41 Å². The van der Waals surface area contributed by atoms with Gasteiger partial charge in [-0.25, -0.2) is 0 Å². The molecule has 0 aromatic heterocycles. The van der Waals surface area contributed by atoms with Crippen LogP contribution in [0.3, 0.4) is 0 Å². The van der Waals surface area contributed by atoms with Crippen LogP contribution in [0, 0.1) is 5.41 Å². The molecular formula is C16H22O3. The number of fused-ring (bicyclic) bond motifs is 3. The van der Waals surface area contributed by atoms with Gasteiger partial charge in [0, 0.05) is 11.0 Å². The zero-order valence-electron chi connectivity index (χ0n) is 12.2. The van der Waals surface area contributed by atoms with Gasteiger partial charge in [-0.1, -0.05) is 52.0 Å². The molecule has 0 N–H and O–H groups in total. The maximum absolute atomic E-state index is 5.83. The van der Waals surface area contributed by atoms with E-state index in [2.05, 4.69) is 52.0 Å². The van der Waals surface area contributed by atoms with Crippen LogP contribution in [-0.2, 0) is 25.6 Å². The molecule has 1 aromatic rings. The summed E-state index contributed by atoms with van der Waals surface area (Å²) in [5.74, 6) is -0.978. The van der Waals surface area contributed by atoms with Crippen molar-refractivity contribution in [3.05, 3.63) is 35.4 Å². The Balaban J connectivity index is 1.87. The van der Waals surface area contributed by atoms with Gasteiger partial charge >= 0.3 is 5.97 Å². The fourth-order valence-electron chi connectivity index (χ4n) is 2.48. The van der Waals surface area contributed by atoms with E-state index in [1.807, 2.05) is 0 Å². The Kier molecular flexibility index (Phi) is 2.79. The Morgan fingerprint density at radius 2 is 1.37 bits per heavy atom. The molecule has 3 heterocycles. The van der Waals surface area contributed by atoms with Gasteiger partial charge in [-0.2, -0.15) is 0 Å². The Morgan fingerprint density at radius 1 is 0.895 bits per heavy atom. The lowest BCUT2D eigenvalue weighted by Gasteiger charge is -2.50. The minimum Gasteiger partial charge on any atom is -0.323 e. The summed E-state index contributed by atoms with van der Waals surface area (Å²) in [6.07, 6.45) is 0. The standard InChI is InChI=1S/C16H22O3/c1-14(2,3)12-5-7-13(8-6-12)16-17-9-15(4,10-18-16)11-19-16/h5-8H,9-11H2,1-4H3. The second-order valence-electron chi connectivity index (χ2n) is 7.06. The summed E-state index contributed by atoms with van der Waals surface area (Å²) in [4.78, 5) is 0. The SMILES string of the molecule is CC12COC(c3ccc(C(C)(C)C)cc3)(OC1)OC2. The number of rotatable bonds is 1. The van der Waals surface area contributed by atoms with Crippen LogP contribution in [0.15, 0.2) is 24.3 Å². The van der Waals surface area contributed by atoms with Gasteiger partial charge in [-0.15, -0.1) is 0 Å². The van der Waals surface area contributed by atoms with Gasteiger partial charge in [0.1, 0.15) is 0 Å². The van der Waals surface area contributed by atoms with Crippen LogP contribution in [0.2, 0.25) is 0 Å². The summed E-state index contributed by atoms with van der Waals surface area (Å²) < 4.78 is 17.5. The summed E-state index contributed by atoms with van der Waals surface area (Å²) in [5.41, 5.74) is 2.40. The molecule has 3 heteroatoms. The number of hydrogen-bond acceptors (Lipinski definition) is 3. The molecule has 3 fully saturated rings. The molecule has 4 rings (SSSR count). The predicted molar refractivity (Wildman–Crippen MR) is 72.8 cm³/mol. The van der Waals surface area contributed by atoms with E-state index in [1.54, 1.807) is 0 Å². The summed E-state index contributed by atoms with van der Waals surface area (Å²) in [6.45, 7) is 10.8. The molecule has 0 amide bonds. The smallest absolute Gasteiger partial charge is 0.312 e. The van der Waals surface area contributed by atoms with Crippen molar-refractivity contribution in [1.29, 1.82) is 0 Å². The van der Waals surface area contributed by atoms with Crippen LogP contribution in [0.1, 0.15) is 38.8 Å². The molecule has 3 saturated heterocycles. The summed E-state index contributed by atoms with van der Waals surface area (Å²) >= 11 is 0. The van der Waals surface area contributed by atoms with E-state index in [0.29, 0.717) is 19.8 Å². The highest BCUT2D eigenvalue weighted by Crippen LogP contribution is 2.44. The maximum Gasteiger partial charge on any atom is 0.312 e. The molecule has 0 unspecified atom stereocenters. The van der Waals surface area contributed by atoms with E-state index in [9.17, 15) is 0 Å². The van der Waals surface area contributed by atoms with E-state index in [-0.39, 0.29) is 10.8 Å². The van der Waals surface area contributed by atoms with Crippen LogP contribution >= 0.6 is 0 Å². The molecule has 0 atom stereocenters. The number of ether oxygens (including phenoxy) is 3. The van der Waals surface area contributed by atoms with E-state index >= 15 is 0 Å². The van der Waals surface area contributed by atoms with E-state index < -0.39 is 5.97 Å². The molecule has 1 aromatic carbocycles. The van der Waals surface area contributed by atoms with Gasteiger partial charge in [-0.3, -0.25) is 0 Å². The Hall–Kier alpha value is -0.900. The highest BCUT2D eigenvalue weighted by atomic mass is 16.9. The third kappa shape index (κ3) is 2.20. The quantitative estimate of drug-likeness (QED) is 0.778. The average Bonchev–Trinajstić information content (AvgIpc) is 2.39. The minimum atomic E-state index is -0.978. The van der Waals surface area contributed by atoms with Crippen molar-refractivity contribution in [1.82, 2.24) is 0 Å². The molecule has 0 radical (unpaired) electrons. The third-order valence-corrected chi connectivity index (χ3v) is 3.94. The molecule has 104 valence electrons. The van der Waals surface area contributed by atoms with Crippen molar-refractivity contribution in [3.63, 3.8) is 0 Å². The van der Waals surface area contributed by atoms with Gasteiger partial charge in [0.25, 0.3) is 0 Å². The van der Waals surface area contributed by atoms with Crippen molar-refractivity contribution >= 4 is 0 Å². The molecule has 3 aliphatic heterocycles. The first kappa shape index (κ1) is 13.1. The first-order chi connectivity index (χ1) is 8.83. The summed E-state index contributed by atoms with van der Waals surface area (Å²) in [5, 5.41) is 0. The zero-order chi connectivity index (χ0) is 13.7. The number of benzene rings is 1. The molecule has 0 aliphatic carbocycles. The molecule has 2 bridgehead atoms. The molecular weight excluding hydrogens is 240 g/mol. The van der Waals surface area contributed by atoms with Crippen LogP contribution < -0.4 is 0 Å². The van der Waals surface area contributed by atoms with E-state index in [4.69, 9.17) is 14.2 Å². The fraction of sp³-hybridized carbons (Fsp3) is 0.625. The van der Waals surface area contributed by atoms with Crippen molar-refractivity contribution in [3.8, 4) is 0 Å². The largest absolute Gasteiger partial charge is 0.323 e. The molecule has 0 spiro atoms. The topological polar surface area (TPSA) is 27.7 Å². The van der Waals surface area contributed by atoms with E-state index in [0.717, 1.165) is 5.56 Å². The fourth-order valence-corrected chi connectivity index (χ4v) is 2.48. The van der Waals surface area contributed by atoms with Crippen LogP contribution in [0.25, 0.3) is 0 Å². The maximum atomic E-state index is 5.83. The van der Waals surface area contributed by atoms with Crippen molar-refractivity contribution in [2.45, 2.75) is 39.1 Å². The molecule has 19 heavy (non-hydrogen) atoms. The number of hydrogen-bond donors (Lipinski definition) is 0. The summed E-state index contributed by atoms with van der Waals surface area (Å²) in [6, 6.07) is 8.36. The molecule has 0 saturated carbocycles. The second-order valence-corrected chi connectivity index (χ2v) is 7.06. The van der Waals surface area contributed by atoms with Gasteiger partial charge in [-0.05, 0) is 11.0 Å². The monoisotopic (exact) mass is 262 g/mol. The summed E-state index contributed by atoms with van der Waals surface area (Å²) in [7, 11) is 0. The first-order valence-electron chi connectivity index (χ1n) is 6.86. The van der Waals surface area contributed by atoms with Gasteiger partial charge in [0.15, 0.2) is 0 Å². The highest BCUT2D eigenvalue weighted by molar-refractivity contribution is 5.29. The highest BCUT2D eigenvalue weighted by Gasteiger charge is 2.51. The Labute approximate surface area is 114 Å². The Bertz CT molecular complexity index is 445. The van der Waals surface area contributed by atoms with E-state index in [1.165, 1.54) is 5.56 Å². The lowest BCUT2D eigenvalue weighted by Crippen LogP contribution is -2.57. The molecule has 3 nitrogen and oxygen atoms in total. The van der Waals surface area contributed by atoms with Crippen LogP contribution in [0.5, 0.6) is 0 Å². The third-order valence-electron chi connectivity index (χ3n) is 3.94. The van der Waals surface area contributed by atoms with Gasteiger partial charge in [0.05, 0.1) is 19.8 Å². The van der Waals surface area contributed by atoms with Crippen LogP contribution in [0.4, 0.5) is 0 Å². The zero-order valence-corrected chi connectivity index (χ0v) is 12.2. The lowest BCUT2D eigenvalue weighted by atomic mass is 9.86. The van der Waals surface area contributed by atoms with Crippen molar-refractivity contribution in [2.75, 3.05) is 19.8 Å². The molecule has 3 aliphatic rings. The Morgan fingerprint density at radius 3 is 1.79 bits per heavy atom. The van der Waals surface area contributed by atoms with Crippen LogP contribution in [-0.4, -0.2) is 19.8 Å². The predicted octanol–water partition coefficient (Wildman–Crippen LogP) is 3.18. The minimum absolute atomic E-state index is 0.00704. The normalized spacial score (nSPS) is 34.5. The van der Waals surface area contributed by atoms with Gasteiger partial charge in [0.2, 0.25) is 0 Å². The first-order valence-corrected chi connectivity index (χ1v) is 6.86. The second kappa shape index (κ2) is 4.05.